The van der Waals surface area contributed by atoms with E-state index in [1.54, 1.807) is 10.9 Å². The van der Waals surface area contributed by atoms with E-state index in [1.165, 1.54) is 12.1 Å². The highest BCUT2D eigenvalue weighted by atomic mass is 79.9. The number of aromatic nitrogens is 4. The van der Waals surface area contributed by atoms with E-state index in [-0.39, 0.29) is 23.1 Å². The molecular weight excluding hydrogens is 314 g/mol. The Bertz CT molecular complexity index is 641. The number of hydrogen-bond donors (Lipinski definition) is 2. The molecule has 0 bridgehead atoms. The first-order valence-corrected chi connectivity index (χ1v) is 6.38. The Hall–Kier alpha value is -1.96. The number of amides is 1. The third-order valence-corrected chi connectivity index (χ3v) is 2.93. The van der Waals surface area contributed by atoms with Crippen LogP contribution in [-0.4, -0.2) is 25.9 Å². The van der Waals surface area contributed by atoms with Crippen molar-refractivity contribution in [2.24, 2.45) is 0 Å². The van der Waals surface area contributed by atoms with Crippen molar-refractivity contribution in [1.82, 2.24) is 20.0 Å². The summed E-state index contributed by atoms with van der Waals surface area (Å²) >= 11 is 3.29. The molecule has 2 aromatic rings. The monoisotopic (exact) mass is 325 g/mol. The van der Waals surface area contributed by atoms with Crippen LogP contribution in [0.25, 0.3) is 0 Å². The number of carbonyl (C=O) groups is 1. The van der Waals surface area contributed by atoms with Crippen LogP contribution in [0.4, 0.5) is 5.82 Å². The quantitative estimate of drug-likeness (QED) is 0.895. The Morgan fingerprint density at radius 2 is 2.21 bits per heavy atom. The molecule has 0 radical (unpaired) electrons. The van der Waals surface area contributed by atoms with E-state index in [0.29, 0.717) is 4.47 Å². The van der Waals surface area contributed by atoms with Crippen molar-refractivity contribution in [3.05, 3.63) is 38.9 Å². The Labute approximate surface area is 117 Å². The van der Waals surface area contributed by atoms with E-state index in [1.807, 2.05) is 13.8 Å². The first kappa shape index (κ1) is 13.5. The lowest BCUT2D eigenvalue weighted by atomic mass is 10.4. The molecule has 2 N–H and O–H groups in total. The molecule has 0 aliphatic rings. The zero-order valence-corrected chi connectivity index (χ0v) is 11.9. The van der Waals surface area contributed by atoms with Gasteiger partial charge in [-0.05, 0) is 35.8 Å². The molecule has 0 aromatic carbocycles. The molecule has 7 nitrogen and oxygen atoms in total. The summed E-state index contributed by atoms with van der Waals surface area (Å²) in [6, 6.07) is 2.86. The highest BCUT2D eigenvalue weighted by molar-refractivity contribution is 9.10. The highest BCUT2D eigenvalue weighted by Gasteiger charge is 2.16. The normalized spacial score (nSPS) is 10.7. The zero-order valence-electron chi connectivity index (χ0n) is 10.3. The minimum atomic E-state index is -0.397. The van der Waals surface area contributed by atoms with Gasteiger partial charge in [0.05, 0.1) is 4.47 Å². The van der Waals surface area contributed by atoms with Crippen molar-refractivity contribution >= 4 is 27.7 Å². The Morgan fingerprint density at radius 3 is 2.74 bits per heavy atom. The van der Waals surface area contributed by atoms with Gasteiger partial charge in [-0.25, -0.2) is 5.10 Å². The lowest BCUT2D eigenvalue weighted by Gasteiger charge is -2.03. The molecule has 0 saturated carbocycles. The topological polar surface area (TPSA) is 92.7 Å². The van der Waals surface area contributed by atoms with Crippen LogP contribution in [-0.2, 0) is 0 Å². The second-order valence-electron chi connectivity index (χ2n) is 4.16. The third kappa shape index (κ3) is 3.08. The first-order chi connectivity index (χ1) is 8.97. The molecule has 0 aliphatic heterocycles. The van der Waals surface area contributed by atoms with E-state index in [4.69, 9.17) is 0 Å². The molecule has 0 saturated heterocycles. The summed E-state index contributed by atoms with van der Waals surface area (Å²) < 4.78 is 2.28. The highest BCUT2D eigenvalue weighted by Crippen LogP contribution is 2.18. The molecule has 100 valence electrons. The van der Waals surface area contributed by atoms with E-state index in [0.717, 1.165) is 0 Å². The molecule has 0 spiro atoms. The summed E-state index contributed by atoms with van der Waals surface area (Å²) in [6.07, 6.45) is 1.74. The second kappa shape index (κ2) is 5.35. The summed E-state index contributed by atoms with van der Waals surface area (Å²) in [4.78, 5) is 22.9. The average Bonchev–Trinajstić information content (AvgIpc) is 2.74. The van der Waals surface area contributed by atoms with Gasteiger partial charge in [0.2, 0.25) is 0 Å². The molecule has 0 unspecified atom stereocenters. The van der Waals surface area contributed by atoms with E-state index >= 15 is 0 Å². The van der Waals surface area contributed by atoms with Crippen molar-refractivity contribution < 1.29 is 4.79 Å². The zero-order chi connectivity index (χ0) is 14.0. The standard InChI is InChI=1S/C11H12BrN5O2/c1-6(2)17-5-7(12)10(16-17)11(19)13-8-3-4-9(18)15-14-8/h3-6H,1-2H3,(H,15,18)(H,13,14,19). The van der Waals surface area contributed by atoms with Gasteiger partial charge in [0.15, 0.2) is 11.5 Å². The van der Waals surface area contributed by atoms with Crippen LogP contribution in [0.3, 0.4) is 0 Å². The number of rotatable bonds is 3. The van der Waals surface area contributed by atoms with Gasteiger partial charge in [0.1, 0.15) is 0 Å². The van der Waals surface area contributed by atoms with Gasteiger partial charge in [0.25, 0.3) is 11.5 Å². The molecule has 0 fully saturated rings. The lowest BCUT2D eigenvalue weighted by Crippen LogP contribution is -2.17. The molecule has 0 atom stereocenters. The number of halogens is 1. The summed E-state index contributed by atoms with van der Waals surface area (Å²) in [5.41, 5.74) is -0.0648. The Balaban J connectivity index is 2.20. The van der Waals surface area contributed by atoms with Crippen LogP contribution in [0.1, 0.15) is 30.4 Å². The fourth-order valence-corrected chi connectivity index (χ4v) is 1.85. The second-order valence-corrected chi connectivity index (χ2v) is 5.01. The number of H-pyrrole nitrogens is 1. The van der Waals surface area contributed by atoms with Crippen molar-refractivity contribution in [2.75, 3.05) is 5.32 Å². The fraction of sp³-hybridized carbons (Fsp3) is 0.273. The Morgan fingerprint density at radius 1 is 1.47 bits per heavy atom. The van der Waals surface area contributed by atoms with Gasteiger partial charge in [-0.3, -0.25) is 14.3 Å². The number of hydrogen-bond acceptors (Lipinski definition) is 4. The lowest BCUT2D eigenvalue weighted by molar-refractivity contribution is 0.102. The number of nitrogens with zero attached hydrogens (tertiary/aromatic N) is 3. The molecular formula is C11H12BrN5O2. The van der Waals surface area contributed by atoms with Gasteiger partial charge in [-0.2, -0.15) is 10.2 Å². The van der Waals surface area contributed by atoms with Crippen molar-refractivity contribution in [3.63, 3.8) is 0 Å². The van der Waals surface area contributed by atoms with Crippen molar-refractivity contribution in [1.29, 1.82) is 0 Å². The summed E-state index contributed by atoms with van der Waals surface area (Å²) in [7, 11) is 0. The van der Waals surface area contributed by atoms with Crippen LogP contribution in [0.15, 0.2) is 27.6 Å². The van der Waals surface area contributed by atoms with Gasteiger partial charge >= 0.3 is 0 Å². The van der Waals surface area contributed by atoms with Crippen LogP contribution >= 0.6 is 15.9 Å². The maximum atomic E-state index is 12.0. The van der Waals surface area contributed by atoms with E-state index in [9.17, 15) is 9.59 Å². The SMILES string of the molecule is CC(C)n1cc(Br)c(C(=O)Nc2ccc(=O)[nH]n2)n1. The maximum absolute atomic E-state index is 12.0. The van der Waals surface area contributed by atoms with Gasteiger partial charge in [0, 0.05) is 18.3 Å². The van der Waals surface area contributed by atoms with Crippen LogP contribution in [0, 0.1) is 0 Å². The molecule has 1 amide bonds. The first-order valence-electron chi connectivity index (χ1n) is 5.59. The molecule has 0 aliphatic carbocycles. The summed E-state index contributed by atoms with van der Waals surface area (Å²) in [6.45, 7) is 3.93. The third-order valence-electron chi connectivity index (χ3n) is 2.35. The molecule has 2 heterocycles. The molecule has 19 heavy (non-hydrogen) atoms. The van der Waals surface area contributed by atoms with E-state index < -0.39 is 5.91 Å². The van der Waals surface area contributed by atoms with Crippen LogP contribution < -0.4 is 10.9 Å². The van der Waals surface area contributed by atoms with Crippen molar-refractivity contribution in [2.45, 2.75) is 19.9 Å². The number of anilines is 1. The van der Waals surface area contributed by atoms with Crippen molar-refractivity contribution in [3.8, 4) is 0 Å². The Kier molecular flexibility index (Phi) is 3.79. The maximum Gasteiger partial charge on any atom is 0.278 e. The fourth-order valence-electron chi connectivity index (χ4n) is 1.38. The molecule has 8 heteroatoms. The number of carbonyl (C=O) groups excluding carboxylic acids is 1. The average molecular weight is 326 g/mol. The van der Waals surface area contributed by atoms with E-state index in [2.05, 4.69) is 36.5 Å². The predicted octanol–water partition coefficient (Wildman–Crippen LogP) is 1.56. The predicted molar refractivity (Wildman–Crippen MR) is 73.1 cm³/mol. The van der Waals surface area contributed by atoms with Gasteiger partial charge < -0.3 is 5.32 Å². The number of aromatic amines is 1. The largest absolute Gasteiger partial charge is 0.304 e. The molecule has 2 aromatic heterocycles. The minimum absolute atomic E-state index is 0.157. The summed E-state index contributed by atoms with van der Waals surface area (Å²) in [5, 5.41) is 12.7. The minimum Gasteiger partial charge on any atom is -0.304 e. The van der Waals surface area contributed by atoms with Gasteiger partial charge in [-0.1, -0.05) is 0 Å². The molecule has 2 rings (SSSR count). The van der Waals surface area contributed by atoms with Gasteiger partial charge in [-0.15, -0.1) is 0 Å². The van der Waals surface area contributed by atoms with Crippen LogP contribution in [0.5, 0.6) is 0 Å². The smallest absolute Gasteiger partial charge is 0.278 e. The number of nitrogens with one attached hydrogen (secondary N) is 2. The van der Waals surface area contributed by atoms with Crippen LogP contribution in [0.2, 0.25) is 0 Å². The summed E-state index contributed by atoms with van der Waals surface area (Å²) in [5.74, 6) is -0.138.